The lowest BCUT2D eigenvalue weighted by atomic mass is 9.45. The molecule has 4 aliphatic carbocycles. The fraction of sp³-hybridized carbons (Fsp3) is 0.909. The molecule has 0 amide bonds. The third kappa shape index (κ3) is 1.84. The van der Waals surface area contributed by atoms with Crippen LogP contribution in [0.5, 0.6) is 0 Å². The standard InChI is InChI=1S/C22H37N/c1-15-9-13-21(5)17-7-8-18-19(2,3)11-6-12-20(18,4)16(17)10-14-22(15,21)23/h15,18H,6-14,23H2,1-5H3/t15-,18?,20-,21-,22-/m1/s1. The Morgan fingerprint density at radius 1 is 0.870 bits per heavy atom. The van der Waals surface area contributed by atoms with Gasteiger partial charge in [-0.1, -0.05) is 52.2 Å². The lowest BCUT2D eigenvalue weighted by Gasteiger charge is -2.60. The van der Waals surface area contributed by atoms with Gasteiger partial charge in [0.2, 0.25) is 0 Å². The summed E-state index contributed by atoms with van der Waals surface area (Å²) < 4.78 is 0. The van der Waals surface area contributed by atoms with Crippen molar-refractivity contribution in [2.45, 2.75) is 97.9 Å². The van der Waals surface area contributed by atoms with E-state index in [0.29, 0.717) is 16.7 Å². The van der Waals surface area contributed by atoms with E-state index in [1.807, 2.05) is 11.1 Å². The lowest BCUT2D eigenvalue weighted by Crippen LogP contribution is -2.59. The highest BCUT2D eigenvalue weighted by atomic mass is 14.9. The van der Waals surface area contributed by atoms with Crippen molar-refractivity contribution in [3.63, 3.8) is 0 Å². The van der Waals surface area contributed by atoms with E-state index in [2.05, 4.69) is 34.6 Å². The average Bonchev–Trinajstić information content (AvgIpc) is 2.71. The molecule has 5 atom stereocenters. The molecule has 0 spiro atoms. The number of hydrogen-bond acceptors (Lipinski definition) is 1. The molecule has 2 saturated carbocycles. The Hall–Kier alpha value is -0.300. The largest absolute Gasteiger partial charge is 0.324 e. The third-order valence-electron chi connectivity index (χ3n) is 9.41. The highest BCUT2D eigenvalue weighted by Crippen LogP contribution is 2.68. The van der Waals surface area contributed by atoms with E-state index >= 15 is 0 Å². The summed E-state index contributed by atoms with van der Waals surface area (Å²) >= 11 is 0. The van der Waals surface area contributed by atoms with Gasteiger partial charge in [0.25, 0.3) is 0 Å². The van der Waals surface area contributed by atoms with Crippen molar-refractivity contribution in [1.29, 1.82) is 0 Å². The van der Waals surface area contributed by atoms with Gasteiger partial charge in [-0.25, -0.2) is 0 Å². The molecule has 0 aromatic carbocycles. The summed E-state index contributed by atoms with van der Waals surface area (Å²) in [6.45, 7) is 12.6. The predicted octanol–water partition coefficient (Wildman–Crippen LogP) is 5.84. The van der Waals surface area contributed by atoms with Gasteiger partial charge in [0.15, 0.2) is 0 Å². The van der Waals surface area contributed by atoms with E-state index < -0.39 is 0 Å². The van der Waals surface area contributed by atoms with E-state index in [0.717, 1.165) is 5.92 Å². The number of fused-ring (bicyclic) bond motifs is 4. The van der Waals surface area contributed by atoms with Crippen molar-refractivity contribution in [2.75, 3.05) is 0 Å². The second-order valence-electron chi connectivity index (χ2n) is 10.6. The molecule has 2 fully saturated rings. The monoisotopic (exact) mass is 315 g/mol. The zero-order chi connectivity index (χ0) is 16.7. The minimum Gasteiger partial charge on any atom is -0.324 e. The summed E-state index contributed by atoms with van der Waals surface area (Å²) in [5.74, 6) is 1.57. The van der Waals surface area contributed by atoms with Crippen LogP contribution in [0.15, 0.2) is 11.1 Å². The number of nitrogens with two attached hydrogens (primary N) is 1. The maximum Gasteiger partial charge on any atom is 0.0275 e. The number of hydrogen-bond donors (Lipinski definition) is 1. The molecule has 23 heavy (non-hydrogen) atoms. The predicted molar refractivity (Wildman–Crippen MR) is 98.1 cm³/mol. The van der Waals surface area contributed by atoms with Crippen molar-refractivity contribution in [3.8, 4) is 0 Å². The summed E-state index contributed by atoms with van der Waals surface area (Å²) in [4.78, 5) is 0. The Balaban J connectivity index is 1.83. The Bertz CT molecular complexity index is 558. The van der Waals surface area contributed by atoms with E-state index in [1.165, 1.54) is 57.8 Å². The molecule has 0 aliphatic heterocycles. The van der Waals surface area contributed by atoms with Crippen LogP contribution in [0.1, 0.15) is 92.4 Å². The molecule has 1 nitrogen and oxygen atoms in total. The van der Waals surface area contributed by atoms with Gasteiger partial charge in [-0.3, -0.25) is 0 Å². The van der Waals surface area contributed by atoms with Gasteiger partial charge in [-0.15, -0.1) is 0 Å². The Kier molecular flexibility index (Phi) is 3.27. The molecule has 0 saturated heterocycles. The fourth-order valence-corrected chi connectivity index (χ4v) is 7.85. The molecular formula is C22H37N. The summed E-state index contributed by atoms with van der Waals surface area (Å²) in [6, 6.07) is 0. The highest BCUT2D eigenvalue weighted by molar-refractivity contribution is 5.40. The van der Waals surface area contributed by atoms with Crippen LogP contribution >= 0.6 is 0 Å². The first-order valence-electron chi connectivity index (χ1n) is 10.2. The van der Waals surface area contributed by atoms with Gasteiger partial charge in [-0.2, -0.15) is 0 Å². The van der Waals surface area contributed by atoms with E-state index in [9.17, 15) is 0 Å². The van der Waals surface area contributed by atoms with Gasteiger partial charge < -0.3 is 5.73 Å². The molecule has 1 unspecified atom stereocenters. The van der Waals surface area contributed by atoms with Crippen LogP contribution in [0.2, 0.25) is 0 Å². The van der Waals surface area contributed by atoms with Crippen molar-refractivity contribution >= 4 is 0 Å². The molecule has 0 heterocycles. The molecule has 130 valence electrons. The number of allylic oxidation sites excluding steroid dienone is 1. The topological polar surface area (TPSA) is 26.0 Å². The van der Waals surface area contributed by atoms with Crippen LogP contribution in [-0.4, -0.2) is 5.54 Å². The van der Waals surface area contributed by atoms with Gasteiger partial charge in [0.05, 0.1) is 0 Å². The molecule has 2 N–H and O–H groups in total. The fourth-order valence-electron chi connectivity index (χ4n) is 7.85. The van der Waals surface area contributed by atoms with Crippen LogP contribution in [0.3, 0.4) is 0 Å². The zero-order valence-electron chi connectivity index (χ0n) is 16.1. The molecule has 0 aromatic rings. The molecule has 4 rings (SSSR count). The SMILES string of the molecule is C[C@@H]1CC[C@]2(C)C3=C(CC[C@@]12N)[C@@]1(C)CCCC(C)(C)C1CC3. The summed E-state index contributed by atoms with van der Waals surface area (Å²) in [7, 11) is 0. The van der Waals surface area contributed by atoms with Gasteiger partial charge in [0, 0.05) is 11.0 Å². The maximum atomic E-state index is 7.08. The Morgan fingerprint density at radius 3 is 2.35 bits per heavy atom. The van der Waals surface area contributed by atoms with Crippen molar-refractivity contribution in [1.82, 2.24) is 0 Å². The lowest BCUT2D eigenvalue weighted by molar-refractivity contribution is -0.00358. The second kappa shape index (κ2) is 4.65. The van der Waals surface area contributed by atoms with Crippen molar-refractivity contribution in [3.05, 3.63) is 11.1 Å². The summed E-state index contributed by atoms with van der Waals surface area (Å²) in [5, 5.41) is 0. The molecule has 4 aliphatic rings. The van der Waals surface area contributed by atoms with E-state index in [-0.39, 0.29) is 11.0 Å². The van der Waals surface area contributed by atoms with Crippen LogP contribution in [0.4, 0.5) is 0 Å². The minimum absolute atomic E-state index is 0.0687. The molecule has 1 heteroatoms. The molecular weight excluding hydrogens is 278 g/mol. The summed E-state index contributed by atoms with van der Waals surface area (Å²) in [6.07, 6.45) is 12.2. The Morgan fingerprint density at radius 2 is 1.61 bits per heavy atom. The minimum atomic E-state index is 0.0687. The maximum absolute atomic E-state index is 7.08. The van der Waals surface area contributed by atoms with Crippen LogP contribution < -0.4 is 5.73 Å². The molecule has 0 aromatic heterocycles. The van der Waals surface area contributed by atoms with Crippen LogP contribution in [0.25, 0.3) is 0 Å². The normalized spacial score (nSPS) is 51.9. The van der Waals surface area contributed by atoms with Gasteiger partial charge in [-0.05, 0) is 74.0 Å². The second-order valence-corrected chi connectivity index (χ2v) is 10.6. The Labute approximate surface area is 143 Å². The zero-order valence-corrected chi connectivity index (χ0v) is 16.1. The summed E-state index contributed by atoms with van der Waals surface area (Å²) in [5.41, 5.74) is 12.1. The average molecular weight is 316 g/mol. The number of rotatable bonds is 0. The first-order chi connectivity index (χ1) is 10.7. The van der Waals surface area contributed by atoms with Crippen LogP contribution in [0, 0.1) is 28.1 Å². The third-order valence-corrected chi connectivity index (χ3v) is 9.41. The highest BCUT2D eigenvalue weighted by Gasteiger charge is 2.61. The van der Waals surface area contributed by atoms with Gasteiger partial charge >= 0.3 is 0 Å². The van der Waals surface area contributed by atoms with E-state index in [1.54, 1.807) is 0 Å². The first kappa shape index (κ1) is 16.2. The van der Waals surface area contributed by atoms with Gasteiger partial charge in [0.1, 0.15) is 0 Å². The van der Waals surface area contributed by atoms with Crippen molar-refractivity contribution in [2.24, 2.45) is 33.8 Å². The van der Waals surface area contributed by atoms with E-state index in [4.69, 9.17) is 5.73 Å². The van der Waals surface area contributed by atoms with Crippen molar-refractivity contribution < 1.29 is 0 Å². The molecule has 0 radical (unpaired) electrons. The first-order valence-corrected chi connectivity index (χ1v) is 10.2. The smallest absolute Gasteiger partial charge is 0.0275 e. The quantitative estimate of drug-likeness (QED) is 0.559. The molecule has 0 bridgehead atoms. The van der Waals surface area contributed by atoms with Crippen LogP contribution in [-0.2, 0) is 0 Å².